The minimum Gasteiger partial charge on any atom is -0.371 e. The van der Waals surface area contributed by atoms with Gasteiger partial charge in [-0.25, -0.2) is 30.4 Å². The number of nitrogens with one attached hydrogen (secondary N) is 1. The average molecular weight is 430 g/mol. The molecule has 4 rings (SSSR count). The predicted molar refractivity (Wildman–Crippen MR) is 111 cm³/mol. The van der Waals surface area contributed by atoms with Crippen LogP contribution in [-0.2, 0) is 9.53 Å². The van der Waals surface area contributed by atoms with Gasteiger partial charge in [0.25, 0.3) is 0 Å². The summed E-state index contributed by atoms with van der Waals surface area (Å²) in [6.07, 6.45) is 7.28. The minimum absolute atomic E-state index is 0.197. The van der Waals surface area contributed by atoms with Gasteiger partial charge in [-0.3, -0.25) is 15.0 Å². The number of hydrogen-bond donors (Lipinski definition) is 3. The summed E-state index contributed by atoms with van der Waals surface area (Å²) in [5.41, 5.74) is 9.01. The lowest BCUT2D eigenvalue weighted by atomic mass is 10.1. The van der Waals surface area contributed by atoms with Crippen molar-refractivity contribution in [1.29, 1.82) is 0 Å². The van der Waals surface area contributed by atoms with Crippen molar-refractivity contribution in [2.24, 2.45) is 0 Å². The van der Waals surface area contributed by atoms with Gasteiger partial charge >= 0.3 is 0 Å². The Kier molecular flexibility index (Phi) is 6.28. The molecule has 4 N–H and O–H groups in total. The van der Waals surface area contributed by atoms with Crippen molar-refractivity contribution < 1.29 is 14.7 Å². The number of nitrogen functional groups attached to an aromatic ring is 1. The molecular formula is C18H22N8O3S. The summed E-state index contributed by atoms with van der Waals surface area (Å²) < 4.78 is 6.92. The predicted octanol–water partition coefficient (Wildman–Crippen LogP) is 1.14. The van der Waals surface area contributed by atoms with Crippen LogP contribution < -0.4 is 16.2 Å². The molecular weight excluding hydrogens is 408 g/mol. The molecule has 1 fully saturated rings. The molecule has 0 aromatic carbocycles. The van der Waals surface area contributed by atoms with Gasteiger partial charge in [0, 0.05) is 56.3 Å². The Morgan fingerprint density at radius 1 is 1.37 bits per heavy atom. The van der Waals surface area contributed by atoms with E-state index in [2.05, 4.69) is 30.0 Å². The highest BCUT2D eigenvalue weighted by atomic mass is 32.1. The molecule has 1 aliphatic heterocycles. The summed E-state index contributed by atoms with van der Waals surface area (Å²) >= 11 is 1.59. The number of fused-ring (bicyclic) bond motifs is 1. The van der Waals surface area contributed by atoms with E-state index in [1.807, 2.05) is 6.07 Å². The monoisotopic (exact) mass is 430 g/mol. The lowest BCUT2D eigenvalue weighted by Gasteiger charge is -2.41. The Bertz CT molecular complexity index is 966. The third-order valence-electron chi connectivity index (χ3n) is 4.79. The first-order valence-corrected chi connectivity index (χ1v) is 10.3. The number of hydrazine groups is 1. The van der Waals surface area contributed by atoms with Crippen molar-refractivity contribution in [3.63, 3.8) is 0 Å². The maximum absolute atomic E-state index is 11.5. The standard InChI is InChI=1S/C18H22N8O3S/c19-18-21-7-12(8-22-18)14-10-25(4-5-29-14)26(3-1-2-16(27)24-28)17-6-13-15(30-17)9-20-11-23-13/h6-9,11,14,28H,1-5,10H2,(H,24,27)(H2,19,21,22). The minimum atomic E-state index is -0.406. The van der Waals surface area contributed by atoms with Gasteiger partial charge in [0.1, 0.15) is 17.4 Å². The second kappa shape index (κ2) is 9.26. The van der Waals surface area contributed by atoms with E-state index in [-0.39, 0.29) is 18.5 Å². The number of hydroxylamine groups is 1. The van der Waals surface area contributed by atoms with Gasteiger partial charge in [-0.05, 0) is 6.42 Å². The van der Waals surface area contributed by atoms with E-state index < -0.39 is 5.91 Å². The lowest BCUT2D eigenvalue weighted by Crippen LogP contribution is -2.50. The van der Waals surface area contributed by atoms with Gasteiger partial charge in [-0.2, -0.15) is 0 Å². The third kappa shape index (κ3) is 4.62. The van der Waals surface area contributed by atoms with Crippen molar-refractivity contribution in [3.05, 3.63) is 36.5 Å². The molecule has 0 spiro atoms. The van der Waals surface area contributed by atoms with Crippen molar-refractivity contribution >= 4 is 38.4 Å². The van der Waals surface area contributed by atoms with Crippen molar-refractivity contribution in [2.45, 2.75) is 18.9 Å². The SMILES string of the molecule is Nc1ncc(C2CN(N(CCCC(=O)NO)c3cc4ncncc4s3)CCO2)cn1. The quantitative estimate of drug-likeness (QED) is 0.369. The van der Waals surface area contributed by atoms with Crippen LogP contribution in [0.4, 0.5) is 10.9 Å². The van der Waals surface area contributed by atoms with Crippen LogP contribution >= 0.6 is 11.3 Å². The first-order chi connectivity index (χ1) is 14.6. The number of hydrogen-bond acceptors (Lipinski definition) is 11. The smallest absolute Gasteiger partial charge is 0.243 e. The van der Waals surface area contributed by atoms with Crippen molar-refractivity contribution in [3.8, 4) is 0 Å². The number of amides is 1. The first-order valence-electron chi connectivity index (χ1n) is 9.48. The molecule has 30 heavy (non-hydrogen) atoms. The van der Waals surface area contributed by atoms with E-state index in [1.165, 1.54) is 6.33 Å². The summed E-state index contributed by atoms with van der Waals surface area (Å²) in [5.74, 6) is -0.183. The molecule has 4 heterocycles. The van der Waals surface area contributed by atoms with Gasteiger partial charge in [0.05, 0.1) is 16.8 Å². The Hall–Kier alpha value is -2.93. The molecule has 0 radical (unpaired) electrons. The molecule has 3 aromatic heterocycles. The largest absolute Gasteiger partial charge is 0.371 e. The molecule has 1 saturated heterocycles. The fraction of sp³-hybridized carbons (Fsp3) is 0.389. The maximum Gasteiger partial charge on any atom is 0.243 e. The van der Waals surface area contributed by atoms with Crippen LogP contribution in [0.3, 0.4) is 0 Å². The lowest BCUT2D eigenvalue weighted by molar-refractivity contribution is -0.129. The van der Waals surface area contributed by atoms with Crippen LogP contribution in [0.25, 0.3) is 10.2 Å². The third-order valence-corrected chi connectivity index (χ3v) is 5.86. The van der Waals surface area contributed by atoms with E-state index >= 15 is 0 Å². The molecule has 0 bridgehead atoms. The fourth-order valence-electron chi connectivity index (χ4n) is 3.31. The zero-order valence-corrected chi connectivity index (χ0v) is 17.0. The van der Waals surface area contributed by atoms with Gasteiger partial charge < -0.3 is 10.5 Å². The van der Waals surface area contributed by atoms with Gasteiger partial charge in [-0.1, -0.05) is 0 Å². The van der Waals surface area contributed by atoms with Crippen LogP contribution in [0.1, 0.15) is 24.5 Å². The highest BCUT2D eigenvalue weighted by Gasteiger charge is 2.28. The molecule has 12 heteroatoms. The van der Waals surface area contributed by atoms with Gasteiger partial charge in [-0.15, -0.1) is 11.3 Å². The normalized spacial score (nSPS) is 17.2. The zero-order chi connectivity index (χ0) is 20.9. The number of morpholine rings is 1. The molecule has 0 saturated carbocycles. The van der Waals surface area contributed by atoms with Crippen LogP contribution in [0.2, 0.25) is 0 Å². The molecule has 0 aliphatic carbocycles. The van der Waals surface area contributed by atoms with Crippen LogP contribution in [0, 0.1) is 0 Å². The van der Waals surface area contributed by atoms with Gasteiger partial charge in [0.2, 0.25) is 11.9 Å². The number of aromatic nitrogens is 4. The van der Waals surface area contributed by atoms with E-state index in [0.717, 1.165) is 20.8 Å². The number of anilines is 2. The number of carbonyl (C=O) groups excluding carboxylic acids is 1. The zero-order valence-electron chi connectivity index (χ0n) is 16.1. The second-order valence-electron chi connectivity index (χ2n) is 6.77. The number of nitrogens with zero attached hydrogens (tertiary/aromatic N) is 6. The number of ether oxygens (including phenoxy) is 1. The van der Waals surface area contributed by atoms with Crippen LogP contribution in [-0.4, -0.2) is 62.3 Å². The Morgan fingerprint density at radius 3 is 2.97 bits per heavy atom. The first kappa shape index (κ1) is 20.3. The van der Waals surface area contributed by atoms with E-state index in [1.54, 1.807) is 35.4 Å². The Balaban J connectivity index is 1.55. The summed E-state index contributed by atoms with van der Waals surface area (Å²) in [4.78, 5) is 28.0. The van der Waals surface area contributed by atoms with Crippen molar-refractivity contribution in [2.75, 3.05) is 37.0 Å². The van der Waals surface area contributed by atoms with Gasteiger partial charge in [0.15, 0.2) is 0 Å². The summed E-state index contributed by atoms with van der Waals surface area (Å²) in [5, 5.41) is 14.1. The highest BCUT2D eigenvalue weighted by Crippen LogP contribution is 2.33. The Labute approximate surface area is 176 Å². The molecule has 1 unspecified atom stereocenters. The molecule has 1 amide bonds. The maximum atomic E-state index is 11.5. The van der Waals surface area contributed by atoms with E-state index in [9.17, 15) is 4.79 Å². The number of carbonyl (C=O) groups is 1. The van der Waals surface area contributed by atoms with E-state index in [0.29, 0.717) is 32.7 Å². The number of rotatable bonds is 7. The molecule has 11 nitrogen and oxygen atoms in total. The van der Waals surface area contributed by atoms with Crippen molar-refractivity contribution in [1.82, 2.24) is 30.4 Å². The Morgan fingerprint density at radius 2 is 2.20 bits per heavy atom. The molecule has 3 aromatic rings. The summed E-state index contributed by atoms with van der Waals surface area (Å²) in [7, 11) is 0. The topological polar surface area (TPSA) is 143 Å². The molecule has 1 atom stereocenters. The molecule has 1 aliphatic rings. The summed E-state index contributed by atoms with van der Waals surface area (Å²) in [6.45, 7) is 2.42. The summed E-state index contributed by atoms with van der Waals surface area (Å²) in [6, 6.07) is 2.02. The highest BCUT2D eigenvalue weighted by molar-refractivity contribution is 7.22. The van der Waals surface area contributed by atoms with E-state index in [4.69, 9.17) is 15.7 Å². The number of nitrogens with two attached hydrogens (primary N) is 1. The second-order valence-corrected chi connectivity index (χ2v) is 7.83. The molecule has 158 valence electrons. The van der Waals surface area contributed by atoms with Crippen LogP contribution in [0.15, 0.2) is 31.0 Å². The van der Waals surface area contributed by atoms with Crippen LogP contribution in [0.5, 0.6) is 0 Å². The average Bonchev–Trinajstić information content (AvgIpc) is 3.21. The fourth-order valence-corrected chi connectivity index (χ4v) is 4.34. The number of thiophene rings is 1.